The van der Waals surface area contributed by atoms with Crippen LogP contribution in [0.25, 0.3) is 49.6 Å². The summed E-state index contributed by atoms with van der Waals surface area (Å²) in [5, 5.41) is 3.74. The number of aromatic nitrogens is 2. The number of fused-ring (bicyclic) bond motifs is 6. The van der Waals surface area contributed by atoms with Gasteiger partial charge in [0.15, 0.2) is 0 Å². The molecule has 0 aliphatic rings. The van der Waals surface area contributed by atoms with Gasteiger partial charge in [0.1, 0.15) is 5.65 Å². The molecular weight excluding hydrogens is 412 g/mol. The first-order chi connectivity index (χ1) is 16.4. The minimum Gasteiger partial charge on any atom is -0.299 e. The SMILES string of the molecule is Cc1cn2c3ccc(-c4c(C)cccc4C)cc3c3c(-c4c(C)cccc4C)cccc3c2n1. The first-order valence-corrected chi connectivity index (χ1v) is 11.9. The van der Waals surface area contributed by atoms with Gasteiger partial charge in [0.2, 0.25) is 0 Å². The van der Waals surface area contributed by atoms with Gasteiger partial charge in [-0.15, -0.1) is 0 Å². The quantitative estimate of drug-likeness (QED) is 0.247. The molecule has 0 saturated heterocycles. The Labute approximate surface area is 200 Å². The van der Waals surface area contributed by atoms with Crippen LogP contribution >= 0.6 is 0 Å². The summed E-state index contributed by atoms with van der Waals surface area (Å²) in [7, 11) is 0. The van der Waals surface area contributed by atoms with E-state index >= 15 is 0 Å². The standard InChI is InChI=1S/C32H28N2/c1-19-9-6-10-20(2)29(19)24-15-16-28-27(17-24)31-25(30-21(3)11-7-12-22(30)4)13-8-14-26(31)32-33-23(5)18-34(28)32/h6-18H,1-5H3. The van der Waals surface area contributed by atoms with E-state index in [9.17, 15) is 0 Å². The highest BCUT2D eigenvalue weighted by Crippen LogP contribution is 2.40. The Balaban J connectivity index is 1.83. The van der Waals surface area contributed by atoms with Gasteiger partial charge < -0.3 is 0 Å². The van der Waals surface area contributed by atoms with Gasteiger partial charge in [-0.1, -0.05) is 60.7 Å². The number of aryl methyl sites for hydroxylation is 5. The van der Waals surface area contributed by atoms with E-state index in [1.165, 1.54) is 66.2 Å². The third kappa shape index (κ3) is 2.99. The van der Waals surface area contributed by atoms with E-state index < -0.39 is 0 Å². The minimum absolute atomic E-state index is 1.02. The molecule has 2 heteroatoms. The number of hydrogen-bond acceptors (Lipinski definition) is 1. The van der Waals surface area contributed by atoms with E-state index in [1.54, 1.807) is 0 Å². The maximum Gasteiger partial charge on any atom is 0.145 e. The van der Waals surface area contributed by atoms with Crippen molar-refractivity contribution in [3.63, 3.8) is 0 Å². The smallest absolute Gasteiger partial charge is 0.145 e. The van der Waals surface area contributed by atoms with Crippen molar-refractivity contribution in [2.75, 3.05) is 0 Å². The van der Waals surface area contributed by atoms with Crippen molar-refractivity contribution < 1.29 is 0 Å². The Hall–Kier alpha value is -3.91. The molecule has 6 rings (SSSR count). The van der Waals surface area contributed by atoms with Gasteiger partial charge in [-0.2, -0.15) is 0 Å². The molecule has 0 fully saturated rings. The summed E-state index contributed by atoms with van der Waals surface area (Å²) in [5.74, 6) is 0. The molecule has 0 amide bonds. The maximum absolute atomic E-state index is 4.94. The van der Waals surface area contributed by atoms with Crippen molar-refractivity contribution in [1.82, 2.24) is 9.38 Å². The van der Waals surface area contributed by atoms with E-state index in [1.807, 2.05) is 0 Å². The molecule has 2 aromatic heterocycles. The number of benzene rings is 4. The van der Waals surface area contributed by atoms with Crippen LogP contribution in [-0.4, -0.2) is 9.38 Å². The molecule has 0 radical (unpaired) electrons. The predicted molar refractivity (Wildman–Crippen MR) is 145 cm³/mol. The van der Waals surface area contributed by atoms with Crippen molar-refractivity contribution in [3.8, 4) is 22.3 Å². The fourth-order valence-corrected chi connectivity index (χ4v) is 5.72. The molecule has 0 N–H and O–H groups in total. The van der Waals surface area contributed by atoms with Crippen LogP contribution in [0.2, 0.25) is 0 Å². The summed E-state index contributed by atoms with van der Waals surface area (Å²) in [6, 6.07) is 26.7. The van der Waals surface area contributed by atoms with Gasteiger partial charge in [0.25, 0.3) is 0 Å². The summed E-state index contributed by atoms with van der Waals surface area (Å²) in [5.41, 5.74) is 13.6. The van der Waals surface area contributed by atoms with Gasteiger partial charge in [0, 0.05) is 22.4 Å². The number of imidazole rings is 1. The Bertz CT molecular complexity index is 1710. The second-order valence-corrected chi connectivity index (χ2v) is 9.57. The highest BCUT2D eigenvalue weighted by molar-refractivity contribution is 6.18. The molecule has 2 heterocycles. The molecule has 0 aliphatic heterocycles. The number of rotatable bonds is 2. The van der Waals surface area contributed by atoms with Crippen LogP contribution in [0.3, 0.4) is 0 Å². The van der Waals surface area contributed by atoms with E-state index in [2.05, 4.69) is 118 Å². The van der Waals surface area contributed by atoms with Crippen LogP contribution in [0.5, 0.6) is 0 Å². The lowest BCUT2D eigenvalue weighted by molar-refractivity contribution is 1.26. The van der Waals surface area contributed by atoms with Crippen molar-refractivity contribution >= 4 is 27.3 Å². The topological polar surface area (TPSA) is 17.3 Å². The predicted octanol–water partition coefficient (Wildman–Crippen LogP) is 8.52. The highest BCUT2D eigenvalue weighted by Gasteiger charge is 2.17. The largest absolute Gasteiger partial charge is 0.299 e. The Morgan fingerprint density at radius 3 is 1.91 bits per heavy atom. The van der Waals surface area contributed by atoms with Crippen molar-refractivity contribution in [2.24, 2.45) is 0 Å². The zero-order chi connectivity index (χ0) is 23.6. The minimum atomic E-state index is 1.02. The maximum atomic E-state index is 4.94. The van der Waals surface area contributed by atoms with Gasteiger partial charge in [-0.25, -0.2) is 4.98 Å². The van der Waals surface area contributed by atoms with Crippen molar-refractivity contribution in [2.45, 2.75) is 34.6 Å². The van der Waals surface area contributed by atoms with Crippen LogP contribution < -0.4 is 0 Å². The summed E-state index contributed by atoms with van der Waals surface area (Å²) >= 11 is 0. The second kappa shape index (κ2) is 7.56. The van der Waals surface area contributed by atoms with Gasteiger partial charge in [-0.05, 0) is 91.3 Å². The number of pyridine rings is 1. The molecule has 0 atom stereocenters. The highest BCUT2D eigenvalue weighted by atomic mass is 15.0. The molecular formula is C32H28N2. The third-order valence-corrected chi connectivity index (χ3v) is 7.18. The summed E-state index contributed by atoms with van der Waals surface area (Å²) in [6.07, 6.45) is 2.15. The van der Waals surface area contributed by atoms with E-state index in [-0.39, 0.29) is 0 Å². The molecule has 2 nitrogen and oxygen atoms in total. The fraction of sp³-hybridized carbons (Fsp3) is 0.156. The van der Waals surface area contributed by atoms with E-state index in [4.69, 9.17) is 4.98 Å². The van der Waals surface area contributed by atoms with Crippen LogP contribution in [0.1, 0.15) is 27.9 Å². The molecule has 4 aromatic carbocycles. The second-order valence-electron chi connectivity index (χ2n) is 9.57. The number of hydrogen-bond donors (Lipinski definition) is 0. The van der Waals surface area contributed by atoms with Crippen LogP contribution in [0.15, 0.2) is 79.0 Å². The molecule has 34 heavy (non-hydrogen) atoms. The molecule has 0 bridgehead atoms. The van der Waals surface area contributed by atoms with E-state index in [0.29, 0.717) is 0 Å². The molecule has 0 spiro atoms. The van der Waals surface area contributed by atoms with E-state index in [0.717, 1.165) is 11.3 Å². The average molecular weight is 441 g/mol. The van der Waals surface area contributed by atoms with Crippen molar-refractivity contribution in [3.05, 3.63) is 107 Å². The average Bonchev–Trinajstić information content (AvgIpc) is 3.21. The lowest BCUT2D eigenvalue weighted by atomic mass is 9.89. The lowest BCUT2D eigenvalue weighted by Crippen LogP contribution is -1.95. The Kier molecular flexibility index (Phi) is 4.60. The molecule has 6 aromatic rings. The third-order valence-electron chi connectivity index (χ3n) is 7.18. The monoisotopic (exact) mass is 440 g/mol. The Morgan fingerprint density at radius 2 is 1.24 bits per heavy atom. The van der Waals surface area contributed by atoms with Crippen LogP contribution in [0.4, 0.5) is 0 Å². The van der Waals surface area contributed by atoms with Gasteiger partial charge >= 0.3 is 0 Å². The van der Waals surface area contributed by atoms with Crippen molar-refractivity contribution in [1.29, 1.82) is 0 Å². The van der Waals surface area contributed by atoms with Gasteiger partial charge in [0.05, 0.1) is 11.2 Å². The zero-order valence-electron chi connectivity index (χ0n) is 20.4. The normalized spacial score (nSPS) is 11.7. The van der Waals surface area contributed by atoms with Crippen LogP contribution in [0, 0.1) is 34.6 Å². The fourth-order valence-electron chi connectivity index (χ4n) is 5.72. The first-order valence-electron chi connectivity index (χ1n) is 11.9. The first kappa shape index (κ1) is 20.7. The molecule has 0 saturated carbocycles. The molecule has 166 valence electrons. The van der Waals surface area contributed by atoms with Crippen LogP contribution in [-0.2, 0) is 0 Å². The van der Waals surface area contributed by atoms with Gasteiger partial charge in [-0.3, -0.25) is 4.40 Å². The summed E-state index contributed by atoms with van der Waals surface area (Å²) in [6.45, 7) is 10.9. The number of nitrogens with zero attached hydrogens (tertiary/aromatic N) is 2. The summed E-state index contributed by atoms with van der Waals surface area (Å²) < 4.78 is 2.26. The summed E-state index contributed by atoms with van der Waals surface area (Å²) in [4.78, 5) is 4.94. The lowest BCUT2D eigenvalue weighted by Gasteiger charge is -2.17. The Morgan fingerprint density at radius 1 is 0.618 bits per heavy atom. The zero-order valence-corrected chi connectivity index (χ0v) is 20.4. The molecule has 0 aliphatic carbocycles. The molecule has 0 unspecified atom stereocenters.